The van der Waals surface area contributed by atoms with Gasteiger partial charge in [-0.15, -0.1) is 0 Å². The number of hydrogen-bond acceptors (Lipinski definition) is 3. The highest BCUT2D eigenvalue weighted by atomic mass is 19.3. The Morgan fingerprint density at radius 2 is 2.13 bits per heavy atom. The van der Waals surface area contributed by atoms with Crippen molar-refractivity contribution in [3.8, 4) is 5.75 Å². The van der Waals surface area contributed by atoms with Crippen LogP contribution in [0.1, 0.15) is 0 Å². The van der Waals surface area contributed by atoms with Crippen LogP contribution in [-0.2, 0) is 0 Å². The first-order chi connectivity index (χ1) is 7.00. The van der Waals surface area contributed by atoms with Gasteiger partial charge in [0.15, 0.2) is 5.75 Å². The highest BCUT2D eigenvalue weighted by Gasteiger charge is 2.17. The SMILES string of the molecule is O=[N+]([O-])c1cc(F)ccc1OCC(F)F. The largest absolute Gasteiger partial charge is 0.481 e. The van der Waals surface area contributed by atoms with E-state index in [0.717, 1.165) is 12.1 Å². The predicted octanol–water partition coefficient (Wildman–Crippen LogP) is 2.38. The number of nitro groups is 1. The number of ether oxygens (including phenoxy) is 1. The molecule has 0 radical (unpaired) electrons. The average Bonchev–Trinajstić information content (AvgIpc) is 2.15. The van der Waals surface area contributed by atoms with Crippen molar-refractivity contribution >= 4 is 5.69 Å². The van der Waals surface area contributed by atoms with Gasteiger partial charge in [-0.2, -0.15) is 0 Å². The molecule has 82 valence electrons. The maximum Gasteiger partial charge on any atom is 0.313 e. The van der Waals surface area contributed by atoms with Crippen molar-refractivity contribution in [3.63, 3.8) is 0 Å². The predicted molar refractivity (Wildman–Crippen MR) is 44.6 cm³/mol. The number of alkyl halides is 2. The summed E-state index contributed by atoms with van der Waals surface area (Å²) in [7, 11) is 0. The van der Waals surface area contributed by atoms with Gasteiger partial charge in [0.1, 0.15) is 12.4 Å². The molecule has 0 saturated carbocycles. The van der Waals surface area contributed by atoms with E-state index in [4.69, 9.17) is 0 Å². The Hall–Kier alpha value is -1.79. The Bertz CT molecular complexity index is 370. The third kappa shape index (κ3) is 3.12. The summed E-state index contributed by atoms with van der Waals surface area (Å²) in [5.41, 5.74) is -0.671. The van der Waals surface area contributed by atoms with Gasteiger partial charge in [0.25, 0.3) is 6.43 Å². The van der Waals surface area contributed by atoms with Crippen LogP contribution >= 0.6 is 0 Å². The van der Waals surface area contributed by atoms with Gasteiger partial charge < -0.3 is 4.74 Å². The summed E-state index contributed by atoms with van der Waals surface area (Å²) in [4.78, 5) is 9.49. The Morgan fingerprint density at radius 1 is 1.47 bits per heavy atom. The zero-order valence-corrected chi connectivity index (χ0v) is 7.32. The fourth-order valence-corrected chi connectivity index (χ4v) is 0.908. The van der Waals surface area contributed by atoms with Crippen LogP contribution in [0.15, 0.2) is 18.2 Å². The lowest BCUT2D eigenvalue weighted by Gasteiger charge is -2.05. The normalized spacial score (nSPS) is 10.4. The third-order valence-electron chi connectivity index (χ3n) is 1.48. The maximum atomic E-state index is 12.6. The standard InChI is InChI=1S/C8H6F3NO3/c9-5-1-2-7(15-4-8(10)11)6(3-5)12(13)14/h1-3,8H,4H2. The van der Waals surface area contributed by atoms with E-state index in [1.54, 1.807) is 0 Å². The van der Waals surface area contributed by atoms with Crippen LogP contribution < -0.4 is 4.74 Å². The minimum absolute atomic E-state index is 0.373. The van der Waals surface area contributed by atoms with Crippen LogP contribution in [-0.4, -0.2) is 18.0 Å². The summed E-state index contributed by atoms with van der Waals surface area (Å²) in [6, 6.07) is 2.45. The number of halogens is 3. The Morgan fingerprint density at radius 3 is 2.67 bits per heavy atom. The van der Waals surface area contributed by atoms with Gasteiger partial charge in [0.2, 0.25) is 0 Å². The van der Waals surface area contributed by atoms with Gasteiger partial charge in [0.05, 0.1) is 11.0 Å². The van der Waals surface area contributed by atoms with Crippen LogP contribution in [0.25, 0.3) is 0 Å². The second-order valence-corrected chi connectivity index (χ2v) is 2.57. The summed E-state index contributed by atoms with van der Waals surface area (Å²) < 4.78 is 40.6. The van der Waals surface area contributed by atoms with Gasteiger partial charge in [-0.1, -0.05) is 0 Å². The Kier molecular flexibility index (Phi) is 3.48. The third-order valence-corrected chi connectivity index (χ3v) is 1.48. The van der Waals surface area contributed by atoms with Gasteiger partial charge in [-0.3, -0.25) is 10.1 Å². The molecule has 0 aliphatic rings. The first-order valence-corrected chi connectivity index (χ1v) is 3.85. The van der Waals surface area contributed by atoms with Crippen molar-refractivity contribution in [1.29, 1.82) is 0 Å². The van der Waals surface area contributed by atoms with Crippen molar-refractivity contribution < 1.29 is 22.8 Å². The monoisotopic (exact) mass is 221 g/mol. The molecule has 0 amide bonds. The highest BCUT2D eigenvalue weighted by Crippen LogP contribution is 2.27. The molecule has 0 aliphatic carbocycles. The van der Waals surface area contributed by atoms with E-state index < -0.39 is 29.5 Å². The topological polar surface area (TPSA) is 52.4 Å². The molecule has 0 bridgehead atoms. The van der Waals surface area contributed by atoms with Crippen LogP contribution in [0.4, 0.5) is 18.9 Å². The summed E-state index contributed by atoms with van der Waals surface area (Å²) in [5.74, 6) is -1.20. The van der Waals surface area contributed by atoms with Crippen LogP contribution in [0.2, 0.25) is 0 Å². The zero-order valence-electron chi connectivity index (χ0n) is 7.32. The molecule has 0 aliphatic heterocycles. The van der Waals surface area contributed by atoms with Crippen molar-refractivity contribution in [2.75, 3.05) is 6.61 Å². The van der Waals surface area contributed by atoms with E-state index >= 15 is 0 Å². The molecule has 1 aromatic carbocycles. The quantitative estimate of drug-likeness (QED) is 0.579. The fourth-order valence-electron chi connectivity index (χ4n) is 0.908. The lowest BCUT2D eigenvalue weighted by molar-refractivity contribution is -0.386. The first kappa shape index (κ1) is 11.3. The lowest BCUT2D eigenvalue weighted by atomic mass is 10.3. The molecule has 0 fully saturated rings. The average molecular weight is 221 g/mol. The van der Waals surface area contributed by atoms with Crippen molar-refractivity contribution in [1.82, 2.24) is 0 Å². The molecular formula is C8H6F3NO3. The lowest BCUT2D eigenvalue weighted by Crippen LogP contribution is -2.08. The fraction of sp³-hybridized carbons (Fsp3) is 0.250. The zero-order chi connectivity index (χ0) is 11.4. The smallest absolute Gasteiger partial charge is 0.313 e. The van der Waals surface area contributed by atoms with E-state index in [-0.39, 0.29) is 5.75 Å². The molecule has 0 unspecified atom stereocenters. The van der Waals surface area contributed by atoms with Gasteiger partial charge in [0, 0.05) is 0 Å². The van der Waals surface area contributed by atoms with Gasteiger partial charge in [-0.05, 0) is 12.1 Å². The van der Waals surface area contributed by atoms with Crippen molar-refractivity contribution in [2.24, 2.45) is 0 Å². The second-order valence-electron chi connectivity index (χ2n) is 2.57. The summed E-state index contributed by atoms with van der Waals surface area (Å²) in [6.07, 6.45) is -2.74. The number of nitro benzene ring substituents is 1. The van der Waals surface area contributed by atoms with E-state index in [1.165, 1.54) is 0 Å². The Balaban J connectivity index is 2.91. The molecule has 7 heteroatoms. The van der Waals surface area contributed by atoms with Crippen LogP contribution in [0, 0.1) is 15.9 Å². The summed E-state index contributed by atoms with van der Waals surface area (Å²) in [5, 5.41) is 10.4. The van der Waals surface area contributed by atoms with Crippen molar-refractivity contribution in [3.05, 3.63) is 34.1 Å². The summed E-state index contributed by atoms with van der Waals surface area (Å²) >= 11 is 0. The van der Waals surface area contributed by atoms with Gasteiger partial charge in [-0.25, -0.2) is 13.2 Å². The molecule has 0 aromatic heterocycles. The van der Waals surface area contributed by atoms with Crippen molar-refractivity contribution in [2.45, 2.75) is 6.43 Å². The molecule has 0 atom stereocenters. The minimum atomic E-state index is -2.74. The van der Waals surface area contributed by atoms with E-state index in [2.05, 4.69) is 4.74 Å². The first-order valence-electron chi connectivity index (χ1n) is 3.85. The molecular weight excluding hydrogens is 215 g/mol. The molecule has 0 spiro atoms. The maximum absolute atomic E-state index is 12.6. The molecule has 0 heterocycles. The van der Waals surface area contributed by atoms with Crippen LogP contribution in [0.5, 0.6) is 5.75 Å². The molecule has 1 aromatic rings. The molecule has 1 rings (SSSR count). The highest BCUT2D eigenvalue weighted by molar-refractivity contribution is 5.46. The number of nitrogens with zero attached hydrogens (tertiary/aromatic N) is 1. The van der Waals surface area contributed by atoms with E-state index in [0.29, 0.717) is 6.07 Å². The second kappa shape index (κ2) is 4.63. The number of rotatable bonds is 4. The number of benzene rings is 1. The molecule has 0 N–H and O–H groups in total. The molecule has 4 nitrogen and oxygen atoms in total. The minimum Gasteiger partial charge on any atom is -0.481 e. The van der Waals surface area contributed by atoms with Gasteiger partial charge >= 0.3 is 5.69 Å². The molecule has 0 saturated heterocycles. The molecule has 15 heavy (non-hydrogen) atoms. The number of hydrogen-bond donors (Lipinski definition) is 0. The summed E-state index contributed by atoms with van der Waals surface area (Å²) in [6.45, 7) is -0.966. The van der Waals surface area contributed by atoms with E-state index in [9.17, 15) is 23.3 Å². The van der Waals surface area contributed by atoms with E-state index in [1.807, 2.05) is 0 Å². The Labute approximate surface area is 82.4 Å². The van der Waals surface area contributed by atoms with Crippen LogP contribution in [0.3, 0.4) is 0 Å².